The Bertz CT molecular complexity index is 587. The van der Waals surface area contributed by atoms with Gasteiger partial charge in [-0.25, -0.2) is 0 Å². The number of hydrogen-bond donors (Lipinski definition) is 0. The lowest BCUT2D eigenvalue weighted by molar-refractivity contribution is -0.131. The van der Waals surface area contributed by atoms with Gasteiger partial charge in [-0.1, -0.05) is 46.5 Å². The lowest BCUT2D eigenvalue weighted by Gasteiger charge is -2.12. The van der Waals surface area contributed by atoms with Gasteiger partial charge >= 0.3 is 5.97 Å². The molecule has 0 aromatic heterocycles. The number of benzene rings is 1. The van der Waals surface area contributed by atoms with Gasteiger partial charge in [0.15, 0.2) is 11.6 Å². The molecule has 4 heteroatoms. The molecule has 0 unspecified atom stereocenters. The van der Waals surface area contributed by atoms with Gasteiger partial charge in [0, 0.05) is 24.8 Å². The summed E-state index contributed by atoms with van der Waals surface area (Å²) in [6.07, 6.45) is 5.89. The standard InChI is InChI=1S/C20H28O4/c1-5-6-7-8-9-10-18(22)16-11-12-19(24-15(4)21)17(13-16)20(23)14(2)3/h11-14H,5-10H2,1-4H3. The van der Waals surface area contributed by atoms with Crippen LogP contribution in [0.15, 0.2) is 18.2 Å². The number of carbonyl (C=O) groups excluding carboxylic acids is 3. The first-order chi connectivity index (χ1) is 11.4. The van der Waals surface area contributed by atoms with Gasteiger partial charge in [-0.2, -0.15) is 0 Å². The number of rotatable bonds is 10. The van der Waals surface area contributed by atoms with Crippen LogP contribution >= 0.6 is 0 Å². The van der Waals surface area contributed by atoms with Crippen LogP contribution in [0.25, 0.3) is 0 Å². The summed E-state index contributed by atoms with van der Waals surface area (Å²) in [6.45, 7) is 7.01. The molecule has 132 valence electrons. The topological polar surface area (TPSA) is 60.4 Å². The van der Waals surface area contributed by atoms with Crippen LogP contribution in [-0.4, -0.2) is 17.5 Å². The van der Waals surface area contributed by atoms with Crippen molar-refractivity contribution in [3.05, 3.63) is 29.3 Å². The molecule has 24 heavy (non-hydrogen) atoms. The summed E-state index contributed by atoms with van der Waals surface area (Å²) < 4.78 is 5.11. The second-order valence-electron chi connectivity index (χ2n) is 6.41. The number of carbonyl (C=O) groups is 3. The van der Waals surface area contributed by atoms with Crippen molar-refractivity contribution in [2.45, 2.75) is 66.2 Å². The van der Waals surface area contributed by atoms with Crippen LogP contribution in [0.4, 0.5) is 0 Å². The van der Waals surface area contributed by atoms with Crippen molar-refractivity contribution in [2.24, 2.45) is 5.92 Å². The van der Waals surface area contributed by atoms with E-state index in [9.17, 15) is 14.4 Å². The zero-order valence-electron chi connectivity index (χ0n) is 15.2. The van der Waals surface area contributed by atoms with Gasteiger partial charge in [-0.3, -0.25) is 14.4 Å². The molecule has 0 spiro atoms. The highest BCUT2D eigenvalue weighted by molar-refractivity contribution is 6.04. The van der Waals surface area contributed by atoms with Gasteiger partial charge < -0.3 is 4.74 Å². The number of hydrogen-bond acceptors (Lipinski definition) is 4. The molecule has 0 aliphatic carbocycles. The molecule has 0 saturated carbocycles. The van der Waals surface area contributed by atoms with E-state index in [1.807, 2.05) is 0 Å². The first kappa shape index (κ1) is 20.1. The second kappa shape index (κ2) is 10.0. The van der Waals surface area contributed by atoms with Crippen molar-refractivity contribution >= 4 is 17.5 Å². The third-order valence-corrected chi connectivity index (χ3v) is 3.85. The fraction of sp³-hybridized carbons (Fsp3) is 0.550. The fourth-order valence-electron chi connectivity index (χ4n) is 2.48. The minimum Gasteiger partial charge on any atom is -0.426 e. The van der Waals surface area contributed by atoms with E-state index in [0.717, 1.165) is 19.3 Å². The maximum absolute atomic E-state index is 12.4. The Morgan fingerprint density at radius 1 is 1.04 bits per heavy atom. The van der Waals surface area contributed by atoms with Gasteiger partial charge in [0.25, 0.3) is 0 Å². The van der Waals surface area contributed by atoms with Crippen molar-refractivity contribution in [1.82, 2.24) is 0 Å². The number of Topliss-reactive ketones (excluding diaryl/α,β-unsaturated/α-hetero) is 2. The molecule has 0 aliphatic rings. The van der Waals surface area contributed by atoms with Crippen LogP contribution in [0.5, 0.6) is 5.75 Å². The van der Waals surface area contributed by atoms with Gasteiger partial charge in [0.2, 0.25) is 0 Å². The van der Waals surface area contributed by atoms with Crippen LogP contribution in [0.1, 0.15) is 86.9 Å². The summed E-state index contributed by atoms with van der Waals surface area (Å²) in [5.41, 5.74) is 0.808. The molecule has 4 nitrogen and oxygen atoms in total. The number of ketones is 2. The molecule has 1 aromatic carbocycles. The Kier molecular flexibility index (Phi) is 8.37. The largest absolute Gasteiger partial charge is 0.426 e. The first-order valence-electron chi connectivity index (χ1n) is 8.76. The second-order valence-corrected chi connectivity index (χ2v) is 6.41. The highest BCUT2D eigenvalue weighted by Crippen LogP contribution is 2.24. The lowest BCUT2D eigenvalue weighted by atomic mass is 9.96. The molecule has 1 aromatic rings. The van der Waals surface area contributed by atoms with E-state index < -0.39 is 5.97 Å². The molecule has 0 heterocycles. The molecule has 1 rings (SSSR count). The van der Waals surface area contributed by atoms with Gasteiger partial charge in [-0.05, 0) is 24.6 Å². The van der Waals surface area contributed by atoms with E-state index in [1.54, 1.807) is 32.0 Å². The van der Waals surface area contributed by atoms with E-state index in [-0.39, 0.29) is 23.2 Å². The molecule has 0 saturated heterocycles. The summed E-state index contributed by atoms with van der Waals surface area (Å²) in [6, 6.07) is 4.74. The highest BCUT2D eigenvalue weighted by Gasteiger charge is 2.19. The summed E-state index contributed by atoms with van der Waals surface area (Å²) in [5.74, 6) is -0.607. The molecular weight excluding hydrogens is 304 g/mol. The molecule has 0 bridgehead atoms. The SMILES string of the molecule is CCCCCCCC(=O)c1ccc(OC(C)=O)c(C(=O)C(C)C)c1. The predicted octanol–water partition coefficient (Wildman–Crippen LogP) is 4.99. The van der Waals surface area contributed by atoms with E-state index in [4.69, 9.17) is 4.74 Å². The van der Waals surface area contributed by atoms with Crippen molar-refractivity contribution in [3.8, 4) is 5.75 Å². The Hall–Kier alpha value is -1.97. The Morgan fingerprint density at radius 3 is 2.29 bits per heavy atom. The Morgan fingerprint density at radius 2 is 1.71 bits per heavy atom. The Balaban J connectivity index is 2.88. The van der Waals surface area contributed by atoms with Crippen LogP contribution in [0.2, 0.25) is 0 Å². The van der Waals surface area contributed by atoms with E-state index >= 15 is 0 Å². The predicted molar refractivity (Wildman–Crippen MR) is 94.6 cm³/mol. The lowest BCUT2D eigenvalue weighted by Crippen LogP contribution is -2.13. The third kappa shape index (κ3) is 6.26. The van der Waals surface area contributed by atoms with Crippen LogP contribution < -0.4 is 4.74 Å². The average molecular weight is 332 g/mol. The maximum Gasteiger partial charge on any atom is 0.308 e. The molecule has 0 aliphatic heterocycles. The zero-order chi connectivity index (χ0) is 18.1. The van der Waals surface area contributed by atoms with Crippen LogP contribution in [0, 0.1) is 5.92 Å². The van der Waals surface area contributed by atoms with Crippen molar-refractivity contribution < 1.29 is 19.1 Å². The van der Waals surface area contributed by atoms with E-state index in [0.29, 0.717) is 17.5 Å². The first-order valence-corrected chi connectivity index (χ1v) is 8.76. The average Bonchev–Trinajstić information content (AvgIpc) is 2.53. The maximum atomic E-state index is 12.4. The van der Waals surface area contributed by atoms with Crippen molar-refractivity contribution in [2.75, 3.05) is 0 Å². The zero-order valence-corrected chi connectivity index (χ0v) is 15.2. The summed E-state index contributed by atoms with van der Waals surface area (Å²) >= 11 is 0. The van der Waals surface area contributed by atoms with Crippen molar-refractivity contribution in [3.63, 3.8) is 0 Å². The molecular formula is C20H28O4. The van der Waals surface area contributed by atoms with Crippen LogP contribution in [0.3, 0.4) is 0 Å². The summed E-state index contributed by atoms with van der Waals surface area (Å²) in [4.78, 5) is 35.9. The minimum atomic E-state index is -0.484. The third-order valence-electron chi connectivity index (χ3n) is 3.85. The monoisotopic (exact) mass is 332 g/mol. The molecule has 0 amide bonds. The normalized spacial score (nSPS) is 10.7. The van der Waals surface area contributed by atoms with Gasteiger partial charge in [-0.15, -0.1) is 0 Å². The highest BCUT2D eigenvalue weighted by atomic mass is 16.5. The summed E-state index contributed by atoms with van der Waals surface area (Å²) in [5, 5.41) is 0. The van der Waals surface area contributed by atoms with E-state index in [2.05, 4.69) is 6.92 Å². The molecule has 0 fully saturated rings. The smallest absolute Gasteiger partial charge is 0.308 e. The number of unbranched alkanes of at least 4 members (excludes halogenated alkanes) is 4. The summed E-state index contributed by atoms with van der Waals surface area (Å²) in [7, 11) is 0. The molecule has 0 radical (unpaired) electrons. The van der Waals surface area contributed by atoms with Gasteiger partial charge in [0.1, 0.15) is 5.75 Å². The fourth-order valence-corrected chi connectivity index (χ4v) is 2.48. The molecule has 0 atom stereocenters. The van der Waals surface area contributed by atoms with Crippen molar-refractivity contribution in [1.29, 1.82) is 0 Å². The number of esters is 1. The molecule has 0 N–H and O–H groups in total. The number of ether oxygens (including phenoxy) is 1. The Labute approximate surface area is 144 Å². The minimum absolute atomic E-state index is 0.0266. The quantitative estimate of drug-likeness (QED) is 0.262. The van der Waals surface area contributed by atoms with Gasteiger partial charge in [0.05, 0.1) is 5.56 Å². The van der Waals surface area contributed by atoms with E-state index in [1.165, 1.54) is 19.8 Å². The van der Waals surface area contributed by atoms with Crippen LogP contribution in [-0.2, 0) is 4.79 Å².